The Hall–Kier alpha value is -4.04. The van der Waals surface area contributed by atoms with E-state index in [1.165, 1.54) is 0 Å². The average Bonchev–Trinajstić information content (AvgIpc) is 3.54. The van der Waals surface area contributed by atoms with Crippen LogP contribution in [-0.4, -0.2) is 30.1 Å². The first-order chi connectivity index (χ1) is 17.5. The van der Waals surface area contributed by atoms with Crippen molar-refractivity contribution in [3.8, 4) is 0 Å². The molecule has 1 atom stereocenters. The van der Waals surface area contributed by atoms with Gasteiger partial charge in [-0.15, -0.1) is 5.10 Å². The largest absolute Gasteiger partial charge is 0.467 e. The van der Waals surface area contributed by atoms with Crippen molar-refractivity contribution in [2.75, 3.05) is 0 Å². The Morgan fingerprint density at radius 3 is 2.64 bits per heavy atom. The lowest BCUT2D eigenvalue weighted by molar-refractivity contribution is 0.161. The third-order valence-electron chi connectivity index (χ3n) is 6.56. The van der Waals surface area contributed by atoms with Gasteiger partial charge < -0.3 is 9.40 Å². The molecule has 0 amide bonds. The molecule has 1 N–H and O–H groups in total. The van der Waals surface area contributed by atoms with E-state index in [0.717, 1.165) is 45.6 Å². The van der Waals surface area contributed by atoms with Crippen LogP contribution in [0.15, 0.2) is 76.1 Å². The van der Waals surface area contributed by atoms with E-state index in [4.69, 9.17) is 4.42 Å². The predicted molar refractivity (Wildman–Crippen MR) is 138 cm³/mol. The maximum absolute atomic E-state index is 13.2. The van der Waals surface area contributed by atoms with Crippen LogP contribution in [0, 0.1) is 13.8 Å². The van der Waals surface area contributed by atoms with Gasteiger partial charge in [-0.25, -0.2) is 4.68 Å². The number of nitrogens with zero attached hydrogens (tertiary/aromatic N) is 5. The van der Waals surface area contributed by atoms with Crippen molar-refractivity contribution in [1.29, 1.82) is 0 Å². The quantitative estimate of drug-likeness (QED) is 0.320. The SMILES string of the molecule is CCC(c1nnnn1Cc1ccco1)N(Cc1ccccc1)Cc1cc2c(C)cc(C)cc2[nH]c1=O. The molecule has 5 rings (SSSR count). The molecule has 0 aliphatic rings. The fourth-order valence-electron chi connectivity index (χ4n) is 4.86. The zero-order valence-corrected chi connectivity index (χ0v) is 20.8. The summed E-state index contributed by atoms with van der Waals surface area (Å²) in [6.07, 6.45) is 2.42. The lowest BCUT2D eigenvalue weighted by Crippen LogP contribution is -2.32. The molecule has 3 heterocycles. The maximum atomic E-state index is 13.2. The number of aryl methyl sites for hydroxylation is 2. The topological polar surface area (TPSA) is 92.8 Å². The molecule has 36 heavy (non-hydrogen) atoms. The second kappa shape index (κ2) is 10.3. The second-order valence-corrected chi connectivity index (χ2v) is 9.26. The third kappa shape index (κ3) is 4.99. The molecule has 3 aromatic heterocycles. The highest BCUT2D eigenvalue weighted by molar-refractivity contribution is 5.83. The highest BCUT2D eigenvalue weighted by Gasteiger charge is 2.26. The number of hydrogen-bond acceptors (Lipinski definition) is 6. The first-order valence-electron chi connectivity index (χ1n) is 12.2. The van der Waals surface area contributed by atoms with Gasteiger partial charge in [0.2, 0.25) is 0 Å². The molecule has 0 aliphatic carbocycles. The van der Waals surface area contributed by atoms with Crippen LogP contribution in [0.3, 0.4) is 0 Å². The van der Waals surface area contributed by atoms with Gasteiger partial charge in [0.25, 0.3) is 5.56 Å². The van der Waals surface area contributed by atoms with E-state index in [1.807, 2.05) is 49.4 Å². The van der Waals surface area contributed by atoms with Gasteiger partial charge in [-0.1, -0.05) is 43.3 Å². The predicted octanol–water partition coefficient (Wildman–Crippen LogP) is 4.93. The minimum atomic E-state index is -0.107. The van der Waals surface area contributed by atoms with Crippen LogP contribution >= 0.6 is 0 Å². The van der Waals surface area contributed by atoms with Gasteiger partial charge in [0.1, 0.15) is 12.3 Å². The number of fused-ring (bicyclic) bond motifs is 1. The van der Waals surface area contributed by atoms with Gasteiger partial charge in [0.15, 0.2) is 5.82 Å². The normalized spacial score (nSPS) is 12.4. The summed E-state index contributed by atoms with van der Waals surface area (Å²) in [7, 11) is 0. The summed E-state index contributed by atoms with van der Waals surface area (Å²) in [5.41, 5.74) is 4.94. The summed E-state index contributed by atoms with van der Waals surface area (Å²) < 4.78 is 7.31. The summed E-state index contributed by atoms with van der Waals surface area (Å²) >= 11 is 0. The van der Waals surface area contributed by atoms with Crippen molar-refractivity contribution in [3.05, 3.63) is 111 Å². The van der Waals surface area contributed by atoms with Crippen LogP contribution in [-0.2, 0) is 19.6 Å². The number of rotatable bonds is 9. The smallest absolute Gasteiger partial charge is 0.252 e. The number of furan rings is 1. The molecule has 0 saturated heterocycles. The Balaban J connectivity index is 1.53. The van der Waals surface area contributed by atoms with E-state index in [9.17, 15) is 4.79 Å². The molecule has 0 saturated carbocycles. The Morgan fingerprint density at radius 2 is 1.89 bits per heavy atom. The molecular weight excluding hydrogens is 452 g/mol. The highest BCUT2D eigenvalue weighted by atomic mass is 16.3. The van der Waals surface area contributed by atoms with Crippen LogP contribution < -0.4 is 5.56 Å². The van der Waals surface area contributed by atoms with Crippen molar-refractivity contribution in [1.82, 2.24) is 30.1 Å². The third-order valence-corrected chi connectivity index (χ3v) is 6.56. The van der Waals surface area contributed by atoms with Crippen LogP contribution in [0.2, 0.25) is 0 Å². The van der Waals surface area contributed by atoms with Gasteiger partial charge in [-0.2, -0.15) is 0 Å². The molecule has 0 radical (unpaired) electrons. The molecule has 8 nitrogen and oxygen atoms in total. The summed E-state index contributed by atoms with van der Waals surface area (Å²) in [4.78, 5) is 18.6. The van der Waals surface area contributed by atoms with Crippen LogP contribution in [0.1, 0.15) is 53.2 Å². The van der Waals surface area contributed by atoms with Gasteiger partial charge in [-0.05, 0) is 71.7 Å². The molecule has 2 aromatic carbocycles. The second-order valence-electron chi connectivity index (χ2n) is 9.26. The number of tetrazole rings is 1. The summed E-state index contributed by atoms with van der Waals surface area (Å²) in [6.45, 7) is 7.79. The Kier molecular flexibility index (Phi) is 6.77. The minimum Gasteiger partial charge on any atom is -0.467 e. The van der Waals surface area contributed by atoms with Crippen LogP contribution in [0.4, 0.5) is 0 Å². The number of aromatic amines is 1. The zero-order valence-electron chi connectivity index (χ0n) is 20.8. The van der Waals surface area contributed by atoms with Gasteiger partial charge >= 0.3 is 0 Å². The monoisotopic (exact) mass is 482 g/mol. The first-order valence-corrected chi connectivity index (χ1v) is 12.2. The van der Waals surface area contributed by atoms with Crippen LogP contribution in [0.5, 0.6) is 0 Å². The standard InChI is InChI=1S/C28H30N6O2/c1-4-26(27-30-31-32-34(27)18-23-11-8-12-36-23)33(16-21-9-6-5-7-10-21)17-22-15-24-20(3)13-19(2)14-25(24)29-28(22)35/h5-15,26H,4,16-18H2,1-3H3,(H,29,35). The summed E-state index contributed by atoms with van der Waals surface area (Å²) in [6, 6.07) is 20.1. The molecular formula is C28H30N6O2. The number of aromatic nitrogens is 5. The van der Waals surface area contributed by atoms with Crippen molar-refractivity contribution >= 4 is 10.9 Å². The number of pyridine rings is 1. The van der Waals surface area contributed by atoms with Gasteiger partial charge in [0, 0.05) is 29.6 Å². The van der Waals surface area contributed by atoms with Gasteiger partial charge in [0.05, 0.1) is 12.3 Å². The van der Waals surface area contributed by atoms with E-state index in [1.54, 1.807) is 10.9 Å². The molecule has 184 valence electrons. The first kappa shape index (κ1) is 23.7. The Morgan fingerprint density at radius 1 is 1.06 bits per heavy atom. The summed E-state index contributed by atoms with van der Waals surface area (Å²) in [5.74, 6) is 1.53. The van der Waals surface area contributed by atoms with E-state index < -0.39 is 0 Å². The lowest BCUT2D eigenvalue weighted by Gasteiger charge is -2.30. The van der Waals surface area contributed by atoms with E-state index in [0.29, 0.717) is 25.2 Å². The molecule has 8 heteroatoms. The van der Waals surface area contributed by atoms with Crippen molar-refractivity contribution in [2.45, 2.75) is 52.9 Å². The zero-order chi connectivity index (χ0) is 25.1. The summed E-state index contributed by atoms with van der Waals surface area (Å²) in [5, 5.41) is 13.7. The van der Waals surface area contributed by atoms with Crippen molar-refractivity contribution in [2.24, 2.45) is 0 Å². The minimum absolute atomic E-state index is 0.0735. The number of benzene rings is 2. The molecule has 0 aliphatic heterocycles. The maximum Gasteiger partial charge on any atom is 0.252 e. The molecule has 1 unspecified atom stereocenters. The molecule has 0 fully saturated rings. The number of hydrogen-bond donors (Lipinski definition) is 1. The molecule has 0 bridgehead atoms. The Bertz CT molecular complexity index is 1500. The average molecular weight is 483 g/mol. The highest BCUT2D eigenvalue weighted by Crippen LogP contribution is 2.27. The number of nitrogens with one attached hydrogen (secondary N) is 1. The van der Waals surface area contributed by atoms with Crippen LogP contribution in [0.25, 0.3) is 10.9 Å². The Labute approximate surface area is 209 Å². The van der Waals surface area contributed by atoms with E-state index >= 15 is 0 Å². The fraction of sp³-hybridized carbons (Fsp3) is 0.286. The molecule has 5 aromatic rings. The van der Waals surface area contributed by atoms with Crippen molar-refractivity contribution in [3.63, 3.8) is 0 Å². The lowest BCUT2D eigenvalue weighted by atomic mass is 10.0. The van der Waals surface area contributed by atoms with E-state index in [-0.39, 0.29) is 11.6 Å². The molecule has 0 spiro atoms. The van der Waals surface area contributed by atoms with Crippen molar-refractivity contribution < 1.29 is 4.42 Å². The van der Waals surface area contributed by atoms with E-state index in [2.05, 4.69) is 57.5 Å². The fourth-order valence-corrected chi connectivity index (χ4v) is 4.86. The number of H-pyrrole nitrogens is 1. The van der Waals surface area contributed by atoms with Gasteiger partial charge in [-0.3, -0.25) is 9.69 Å².